The zero-order valence-corrected chi connectivity index (χ0v) is 16.7. The number of thiazole rings is 1. The minimum Gasteiger partial charge on any atom is -0.463 e. The van der Waals surface area contributed by atoms with E-state index in [4.69, 9.17) is 4.74 Å². The fourth-order valence-corrected chi connectivity index (χ4v) is 3.77. The predicted molar refractivity (Wildman–Crippen MR) is 103 cm³/mol. The van der Waals surface area contributed by atoms with Gasteiger partial charge < -0.3 is 10.1 Å². The summed E-state index contributed by atoms with van der Waals surface area (Å²) in [6.45, 7) is 3.67. The number of hydrogen-bond acceptors (Lipinski definition) is 6. The van der Waals surface area contributed by atoms with Crippen molar-refractivity contribution < 1.29 is 13.9 Å². The highest BCUT2D eigenvalue weighted by atomic mass is 79.9. The van der Waals surface area contributed by atoms with Crippen molar-refractivity contribution in [1.29, 1.82) is 0 Å². The molecule has 0 fully saturated rings. The number of benzene rings is 1. The van der Waals surface area contributed by atoms with Gasteiger partial charge in [0.25, 0.3) is 0 Å². The monoisotopic (exact) mass is 437 g/mol. The Labute approximate surface area is 163 Å². The highest BCUT2D eigenvalue weighted by molar-refractivity contribution is 9.09. The molecular formula is C18H17BrFN3O2S. The van der Waals surface area contributed by atoms with Gasteiger partial charge in [0.05, 0.1) is 12.2 Å². The number of allylic oxidation sites excluding steroid dienone is 1. The van der Waals surface area contributed by atoms with Gasteiger partial charge in [-0.05, 0) is 31.0 Å². The predicted octanol–water partition coefficient (Wildman–Crippen LogP) is 3.89. The number of carbonyl (C=O) groups excluding carboxylic acids is 1. The third-order valence-electron chi connectivity index (χ3n) is 3.99. The van der Waals surface area contributed by atoms with Gasteiger partial charge in [0.2, 0.25) is 0 Å². The Morgan fingerprint density at radius 2 is 2.27 bits per heavy atom. The molecule has 1 aliphatic rings. The Hall–Kier alpha value is -2.06. The van der Waals surface area contributed by atoms with Crippen molar-refractivity contribution in [3.63, 3.8) is 0 Å². The Morgan fingerprint density at radius 1 is 1.46 bits per heavy atom. The van der Waals surface area contributed by atoms with E-state index in [9.17, 15) is 9.18 Å². The van der Waals surface area contributed by atoms with Crippen LogP contribution in [0.3, 0.4) is 0 Å². The van der Waals surface area contributed by atoms with E-state index in [1.807, 2.05) is 5.38 Å². The van der Waals surface area contributed by atoms with Gasteiger partial charge in [-0.15, -0.1) is 11.3 Å². The molecule has 0 unspecified atom stereocenters. The highest BCUT2D eigenvalue weighted by Crippen LogP contribution is 2.35. The number of aromatic nitrogens is 1. The summed E-state index contributed by atoms with van der Waals surface area (Å²) in [5, 5.41) is 6.11. The summed E-state index contributed by atoms with van der Waals surface area (Å²) in [5.41, 5.74) is 2.09. The number of amidine groups is 1. The van der Waals surface area contributed by atoms with Gasteiger partial charge in [0, 0.05) is 22.6 Å². The van der Waals surface area contributed by atoms with E-state index in [1.165, 1.54) is 17.4 Å². The molecular weight excluding hydrogens is 421 g/mol. The van der Waals surface area contributed by atoms with Gasteiger partial charge in [-0.3, -0.25) is 4.99 Å². The summed E-state index contributed by atoms with van der Waals surface area (Å²) >= 11 is 4.85. The van der Waals surface area contributed by atoms with Crippen LogP contribution in [0.1, 0.15) is 29.1 Å². The Balaban J connectivity index is 2.17. The first-order valence-electron chi connectivity index (χ1n) is 8.02. The Kier molecular flexibility index (Phi) is 5.83. The SMILES string of the molecule is CCOC(=O)C1=C(CBr)NC(c2nccs2)=N[C@H]1c1cccc(F)c1C. The number of esters is 1. The summed E-state index contributed by atoms with van der Waals surface area (Å²) in [4.78, 5) is 21.6. The van der Waals surface area contributed by atoms with Crippen LogP contribution in [0, 0.1) is 12.7 Å². The summed E-state index contributed by atoms with van der Waals surface area (Å²) < 4.78 is 19.4. The van der Waals surface area contributed by atoms with Gasteiger partial charge in [0.15, 0.2) is 10.8 Å². The van der Waals surface area contributed by atoms with Crippen molar-refractivity contribution in [1.82, 2.24) is 10.3 Å². The standard InChI is InChI=1S/C18H17BrFN3O2S/c1-3-25-18(24)14-13(9-19)22-16(17-21-7-8-26-17)23-15(14)11-5-4-6-12(20)10(11)2/h4-8,15H,3,9H2,1-2H3,(H,22,23)/t15-/m0/s1. The van der Waals surface area contributed by atoms with E-state index in [0.717, 1.165) is 0 Å². The fraction of sp³-hybridized carbons (Fsp3) is 0.278. The second-order valence-electron chi connectivity index (χ2n) is 5.54. The molecule has 3 rings (SSSR count). The first-order valence-corrected chi connectivity index (χ1v) is 10.0. The second-order valence-corrected chi connectivity index (χ2v) is 7.00. The molecule has 1 aromatic heterocycles. The first kappa shape index (κ1) is 18.7. The smallest absolute Gasteiger partial charge is 0.338 e. The first-order chi connectivity index (χ1) is 12.6. The summed E-state index contributed by atoms with van der Waals surface area (Å²) in [5.74, 6) is -0.253. The molecule has 1 N–H and O–H groups in total. The lowest BCUT2D eigenvalue weighted by Crippen LogP contribution is -2.34. The average Bonchev–Trinajstić information content (AvgIpc) is 3.18. The van der Waals surface area contributed by atoms with Crippen LogP contribution >= 0.6 is 27.3 Å². The Bertz CT molecular complexity index is 881. The number of alkyl halides is 1. The maximum atomic E-state index is 14.1. The van der Waals surface area contributed by atoms with Gasteiger partial charge in [0.1, 0.15) is 11.9 Å². The zero-order chi connectivity index (χ0) is 18.7. The fourth-order valence-electron chi connectivity index (χ4n) is 2.74. The molecule has 0 bridgehead atoms. The third-order valence-corrected chi connectivity index (χ3v) is 5.33. The lowest BCUT2D eigenvalue weighted by Gasteiger charge is -2.27. The van der Waals surface area contributed by atoms with Gasteiger partial charge in [-0.25, -0.2) is 14.2 Å². The minimum atomic E-state index is -0.669. The van der Waals surface area contributed by atoms with E-state index < -0.39 is 12.0 Å². The van der Waals surface area contributed by atoms with Crippen LogP contribution in [0.5, 0.6) is 0 Å². The van der Waals surface area contributed by atoms with Gasteiger partial charge in [-0.1, -0.05) is 28.1 Å². The summed E-state index contributed by atoms with van der Waals surface area (Å²) in [6, 6.07) is 4.12. The summed E-state index contributed by atoms with van der Waals surface area (Å²) in [6.07, 6.45) is 1.69. The van der Waals surface area contributed by atoms with Crippen LogP contribution in [-0.4, -0.2) is 28.7 Å². The molecule has 0 amide bonds. The third kappa shape index (κ3) is 3.57. The molecule has 1 aliphatic heterocycles. The van der Waals surface area contributed by atoms with Crippen molar-refractivity contribution in [2.75, 3.05) is 11.9 Å². The number of carbonyl (C=O) groups is 1. The molecule has 2 heterocycles. The van der Waals surface area contributed by atoms with E-state index in [0.29, 0.717) is 38.6 Å². The molecule has 1 atom stereocenters. The zero-order valence-electron chi connectivity index (χ0n) is 14.3. The van der Waals surface area contributed by atoms with E-state index in [2.05, 4.69) is 31.2 Å². The summed E-state index contributed by atoms with van der Waals surface area (Å²) in [7, 11) is 0. The van der Waals surface area contributed by atoms with Crippen molar-refractivity contribution in [3.8, 4) is 0 Å². The molecule has 5 nitrogen and oxygen atoms in total. The van der Waals surface area contributed by atoms with Crippen molar-refractivity contribution in [2.45, 2.75) is 19.9 Å². The maximum absolute atomic E-state index is 14.1. The largest absolute Gasteiger partial charge is 0.463 e. The number of rotatable bonds is 5. The van der Waals surface area contributed by atoms with E-state index in [1.54, 1.807) is 32.2 Å². The Morgan fingerprint density at radius 3 is 2.92 bits per heavy atom. The lowest BCUT2D eigenvalue weighted by molar-refractivity contribution is -0.138. The van der Waals surface area contributed by atoms with Crippen molar-refractivity contribution in [2.24, 2.45) is 4.99 Å². The number of ether oxygens (including phenoxy) is 1. The number of hydrogen-bond donors (Lipinski definition) is 1. The second kappa shape index (κ2) is 8.09. The topological polar surface area (TPSA) is 63.6 Å². The molecule has 8 heteroatoms. The van der Waals surface area contributed by atoms with Gasteiger partial charge >= 0.3 is 5.97 Å². The van der Waals surface area contributed by atoms with Crippen molar-refractivity contribution in [3.05, 3.63) is 63.0 Å². The van der Waals surface area contributed by atoms with E-state index >= 15 is 0 Å². The quantitative estimate of drug-likeness (QED) is 0.569. The van der Waals surface area contributed by atoms with Gasteiger partial charge in [-0.2, -0.15) is 0 Å². The van der Waals surface area contributed by atoms with Crippen molar-refractivity contribution >= 4 is 39.1 Å². The molecule has 1 aromatic carbocycles. The van der Waals surface area contributed by atoms with Crippen LogP contribution < -0.4 is 5.32 Å². The molecule has 2 aromatic rings. The number of nitrogens with one attached hydrogen (secondary N) is 1. The van der Waals surface area contributed by atoms with Crippen LogP contribution in [0.15, 0.2) is 46.0 Å². The normalized spacial score (nSPS) is 16.9. The molecule has 136 valence electrons. The average molecular weight is 438 g/mol. The number of nitrogens with zero attached hydrogens (tertiary/aromatic N) is 2. The molecule has 26 heavy (non-hydrogen) atoms. The highest BCUT2D eigenvalue weighted by Gasteiger charge is 2.33. The maximum Gasteiger partial charge on any atom is 0.338 e. The van der Waals surface area contributed by atoms with Crippen LogP contribution in [0.25, 0.3) is 0 Å². The van der Waals surface area contributed by atoms with Crippen LogP contribution in [-0.2, 0) is 9.53 Å². The van der Waals surface area contributed by atoms with E-state index in [-0.39, 0.29) is 12.4 Å². The van der Waals surface area contributed by atoms with Crippen LogP contribution in [0.4, 0.5) is 4.39 Å². The molecule has 0 radical (unpaired) electrons. The van der Waals surface area contributed by atoms with Crippen LogP contribution in [0.2, 0.25) is 0 Å². The molecule has 0 aliphatic carbocycles. The molecule has 0 spiro atoms. The molecule has 0 saturated heterocycles. The number of aliphatic imine (C=N–C) groups is 1. The molecule has 0 saturated carbocycles. The minimum absolute atomic E-state index is 0.246. The lowest BCUT2D eigenvalue weighted by atomic mass is 9.92. The number of halogens is 2.